The molecule has 17 atom stereocenters. The first-order valence-corrected chi connectivity index (χ1v) is 52.1. The number of hydrogen-bond acceptors (Lipinski definition) is 33. The number of likely N-dealkylation sites (N-methyl/N-ethyl adjacent to an activating group) is 1. The number of nitrogens with two attached hydrogens (primary N) is 2. The van der Waals surface area contributed by atoms with Gasteiger partial charge in [-0.2, -0.15) is 0 Å². The minimum atomic E-state index is -2.10. The van der Waals surface area contributed by atoms with Crippen LogP contribution in [-0.2, 0) is 115 Å². The minimum Gasteiger partial charge on any atom is -0.508 e. The van der Waals surface area contributed by atoms with Crippen molar-refractivity contribution in [3.63, 3.8) is 0 Å². The Kier molecular flexibility index (Phi) is 56.3. The fourth-order valence-corrected chi connectivity index (χ4v) is 16.9. The molecule has 1 aliphatic rings. The van der Waals surface area contributed by atoms with Gasteiger partial charge in [-0.05, 0) is 193 Å². The third-order valence-electron chi connectivity index (χ3n) is 26.5. The molecule has 0 radical (unpaired) electrons. The molecule has 2 heterocycles. The third kappa shape index (κ3) is 46.8. The summed E-state index contributed by atoms with van der Waals surface area (Å²) in [5.41, 5.74) is 20.9. The molecule has 0 unspecified atom stereocenters. The Bertz CT molecular complexity index is 5210. The molecule has 43 nitrogen and oxygen atoms in total. The Hall–Kier alpha value is -12.1. The first kappa shape index (κ1) is 128. The van der Waals surface area contributed by atoms with Crippen molar-refractivity contribution in [2.45, 2.75) is 353 Å². The summed E-state index contributed by atoms with van der Waals surface area (Å²) in [5.74, 6) is -14.7. The van der Waals surface area contributed by atoms with Crippen LogP contribution in [0, 0.1) is 11.8 Å². The van der Waals surface area contributed by atoms with Gasteiger partial charge in [0.1, 0.15) is 47.0 Å². The summed E-state index contributed by atoms with van der Waals surface area (Å²) < 4.78 is 0. The number of H-pyrrole nitrogens is 1. The number of aliphatic carboxylic acids is 1. The summed E-state index contributed by atoms with van der Waals surface area (Å²) in [6.07, 6.45) is 3.15. The highest BCUT2D eigenvalue weighted by atomic mass is 16.4. The van der Waals surface area contributed by atoms with E-state index in [0.29, 0.717) is 66.1 Å². The SMILES string of the molecule is CC(=O)N[C@@H](CC(C)C)C(=O)N[C@H](C(=O)N[C@@H](Cc1ccccc1)C(=O)N[C@]1(C)CCCCCC/C=C/CCC[C@@](C)(C(=O)CN[C@@H](C)C(=O)CCN[C@@H](C)C(=O)CCC(=O)[C@H](C)NCCC(=O)[C@H](C)NCCC(=O)[C@H](C)NCN(C)CC(N)=O)NC(=O)[C@H](CC(C)C)NN[C@@H](CCC(N)=O)C(=O)CN[C@@H](C)C(=O)CC(=O)[C@H](Cc2c[nH]c3ccccc23)NN[C@@H](Cc2ccc(O)cc2)C(=O)C(=O)[C@H](CCC(=O)O)NC1=O)[C@@H](C)O. The van der Waals surface area contributed by atoms with Gasteiger partial charge in [-0.15, -0.1) is 0 Å². The van der Waals surface area contributed by atoms with Gasteiger partial charge in [0.25, 0.3) is 0 Å². The van der Waals surface area contributed by atoms with Crippen molar-refractivity contribution in [2.75, 3.05) is 53.0 Å². The fraction of sp³-hybridized carbons (Fsp3) is 0.607. The number of phenols is 1. The summed E-state index contributed by atoms with van der Waals surface area (Å²) in [7, 11) is 1.69. The molecule has 43 heteroatoms. The van der Waals surface area contributed by atoms with Crippen LogP contribution in [0.4, 0.5) is 0 Å². The number of aromatic nitrogens is 1. The second-order valence-electron chi connectivity index (χ2n) is 40.7. The average Bonchev–Trinajstić information content (AvgIpc) is 1.31. The molecule has 0 saturated carbocycles. The van der Waals surface area contributed by atoms with Crippen molar-refractivity contribution < 1.29 is 111 Å². The number of aromatic hydroxyl groups is 1. The summed E-state index contributed by atoms with van der Waals surface area (Å²) >= 11 is 0. The maximum absolute atomic E-state index is 15.6. The number of hydrogen-bond donors (Lipinski definition) is 22. The number of aromatic amines is 1. The molecule has 150 heavy (non-hydrogen) atoms. The lowest BCUT2D eigenvalue weighted by atomic mass is 9.88. The number of carboxylic acid groups (broad SMARTS) is 1. The summed E-state index contributed by atoms with van der Waals surface area (Å²) in [4.78, 5) is 283. The number of hydrazine groups is 2. The standard InChI is InChI=1S/C107H164N20O23/c1-63(2)52-83(117-72(12)129)101(146)120-98(71(11)128)104(149)118-84(55-73-30-24-23-25-31-73)102(147)122-107(14)48-29-22-20-18-16-17-19-21-28-47-106(13,94(139)60-114-68(8)89(134)45-50-111-66(6)87(132)41-40-86(131)65(5)110-49-44-88(133)67(7)112-51-46-90(135)69(9)116-62-127(15)61-96(109)141)121-103(148)85(53-64(3)4)126-123-79(38-42-95(108)140)93(138)59-113-70(10)91(136)57-92(137)81(56-75-58-115-78-33-27-26-32-77(75)78)124-125-82(54-74-34-36-76(130)37-35-74)100(145)99(144)80(119-105(107)150)39-43-97(142)143/h17,19,23-27,30-37,58,63-71,79-85,98,110-116,123-126,128,130H,16,18,20-22,28-29,38-57,59-62H2,1-15H3,(H2,108,140)(H2,109,141)(H,117,129)(H,118,149)(H,119,150)(H,120,146)(H,121,148)(H,122,147)(H,142,143)/b19-17+/t65-,66-,67-,68-,69-,70-,71+,79-,80-,81-,82-,83-,84-,85-,98-,106-,107+/m0/s1. The zero-order chi connectivity index (χ0) is 112. The Morgan fingerprint density at radius 3 is 1.63 bits per heavy atom. The summed E-state index contributed by atoms with van der Waals surface area (Å²) in [5, 5.41) is 66.7. The molecule has 5 rings (SSSR count). The van der Waals surface area contributed by atoms with Gasteiger partial charge in [0, 0.05) is 102 Å². The first-order chi connectivity index (χ1) is 70.8. The Morgan fingerprint density at radius 2 is 1.06 bits per heavy atom. The first-order valence-electron chi connectivity index (χ1n) is 52.1. The van der Waals surface area contributed by atoms with E-state index in [1.165, 1.54) is 52.0 Å². The van der Waals surface area contributed by atoms with Gasteiger partial charge in [0.05, 0.1) is 98.1 Å². The molecule has 24 N–H and O–H groups in total. The van der Waals surface area contributed by atoms with Crippen molar-refractivity contribution in [3.05, 3.63) is 114 Å². The van der Waals surface area contributed by atoms with E-state index in [-0.39, 0.29) is 176 Å². The molecule has 0 bridgehead atoms. The molecule has 0 saturated heterocycles. The normalized spacial score (nSPS) is 21.5. The number of benzene rings is 3. The number of ketones is 11. The average molecular weight is 2100 g/mol. The highest BCUT2D eigenvalue weighted by molar-refractivity contribution is 6.41. The lowest BCUT2D eigenvalue weighted by Crippen LogP contribution is -2.65. The van der Waals surface area contributed by atoms with Gasteiger partial charge in [0.15, 0.2) is 40.5 Å². The highest BCUT2D eigenvalue weighted by Gasteiger charge is 2.44. The third-order valence-corrected chi connectivity index (χ3v) is 26.5. The highest BCUT2D eigenvalue weighted by Crippen LogP contribution is 2.25. The van der Waals surface area contributed by atoms with Crippen molar-refractivity contribution >= 4 is 128 Å². The van der Waals surface area contributed by atoms with E-state index in [0.717, 1.165) is 0 Å². The van der Waals surface area contributed by atoms with Crippen LogP contribution in [0.3, 0.4) is 0 Å². The van der Waals surface area contributed by atoms with Crippen LogP contribution < -0.4 is 97.0 Å². The van der Waals surface area contributed by atoms with Gasteiger partial charge >= 0.3 is 5.97 Å². The van der Waals surface area contributed by atoms with Crippen molar-refractivity contribution in [1.29, 1.82) is 0 Å². The van der Waals surface area contributed by atoms with E-state index in [1.807, 2.05) is 26.0 Å². The number of allylic oxidation sites excluding steroid dienone is 2. The van der Waals surface area contributed by atoms with Gasteiger partial charge in [-0.25, -0.2) is 21.7 Å². The number of aliphatic hydroxyl groups is 1. The predicted octanol–water partition coefficient (Wildman–Crippen LogP) is 1.80. The second-order valence-corrected chi connectivity index (χ2v) is 40.7. The lowest BCUT2D eigenvalue weighted by molar-refractivity contribution is -0.143. The van der Waals surface area contributed by atoms with Crippen LogP contribution in [0.5, 0.6) is 5.75 Å². The molecule has 830 valence electrons. The van der Waals surface area contributed by atoms with Gasteiger partial charge in [0.2, 0.25) is 58.8 Å². The smallest absolute Gasteiger partial charge is 0.303 e. The number of primary amides is 2. The van der Waals surface area contributed by atoms with E-state index in [9.17, 15) is 87.2 Å². The lowest BCUT2D eigenvalue weighted by Gasteiger charge is -2.34. The van der Waals surface area contributed by atoms with Crippen molar-refractivity contribution in [1.82, 2.24) is 95.4 Å². The fourth-order valence-electron chi connectivity index (χ4n) is 16.9. The molecule has 0 aliphatic carbocycles. The quantitative estimate of drug-likeness (QED) is 0.0130. The van der Waals surface area contributed by atoms with Crippen LogP contribution in [0.1, 0.15) is 248 Å². The van der Waals surface area contributed by atoms with Crippen LogP contribution in [-0.4, -0.2) is 297 Å². The van der Waals surface area contributed by atoms with E-state index in [4.69, 9.17) is 11.5 Å². The van der Waals surface area contributed by atoms with Crippen LogP contribution in [0.15, 0.2) is 97.2 Å². The summed E-state index contributed by atoms with van der Waals surface area (Å²) in [6, 6.07) is 4.37. The second kappa shape index (κ2) is 65.9. The number of phenolic OH excluding ortho intramolecular Hbond substituents is 1. The molecule has 0 spiro atoms. The monoisotopic (exact) mass is 2100 g/mol. The van der Waals surface area contributed by atoms with Crippen LogP contribution in [0.25, 0.3) is 10.9 Å². The Morgan fingerprint density at radius 1 is 0.520 bits per heavy atom. The molecule has 3 aromatic carbocycles. The number of amides is 8. The largest absolute Gasteiger partial charge is 0.508 e. The Balaban J connectivity index is 1.45. The number of para-hydroxylation sites is 1. The molecule has 0 fully saturated rings. The predicted molar refractivity (Wildman–Crippen MR) is 564 cm³/mol. The van der Waals surface area contributed by atoms with Crippen LogP contribution in [0.2, 0.25) is 0 Å². The molecule has 1 aromatic heterocycles. The number of aliphatic hydroxyl groups excluding tert-OH is 1. The van der Waals surface area contributed by atoms with Crippen LogP contribution >= 0.6 is 0 Å². The molecule has 1 aliphatic heterocycles. The Labute approximate surface area is 878 Å². The van der Waals surface area contributed by atoms with E-state index in [2.05, 4.69) is 90.5 Å². The number of nitrogens with one attached hydrogen (secondary N) is 17. The molecule has 8 amide bonds. The number of Topliss-reactive ketones (excluding diaryl/α,β-unsaturated/α-hetero) is 11. The zero-order valence-electron chi connectivity index (χ0n) is 89.6. The maximum atomic E-state index is 15.6. The maximum Gasteiger partial charge on any atom is 0.303 e. The summed E-state index contributed by atoms with van der Waals surface area (Å²) in [6.45, 7) is 22.1. The van der Waals surface area contributed by atoms with Gasteiger partial charge in [-0.3, -0.25) is 106 Å². The number of fused-ring (bicyclic) bond motifs is 1. The number of rotatable bonds is 53. The number of nitrogens with zero attached hydrogens (tertiary/aromatic N) is 1. The topological polar surface area (TPSA) is 666 Å². The number of carbonyl (C=O) groups excluding carboxylic acids is 19. The van der Waals surface area contributed by atoms with Crippen molar-refractivity contribution in [3.8, 4) is 5.75 Å². The van der Waals surface area contributed by atoms with E-state index < -0.39 is 222 Å². The number of carbonyl (C=O) groups is 20. The minimum absolute atomic E-state index is 0.0264. The van der Waals surface area contributed by atoms with E-state index >= 15 is 24.0 Å². The number of carboxylic acids is 1. The van der Waals surface area contributed by atoms with Gasteiger partial charge < -0.3 is 90.3 Å². The van der Waals surface area contributed by atoms with Gasteiger partial charge in [-0.1, -0.05) is 120 Å². The molecular weight excluding hydrogens is 1930 g/mol. The van der Waals surface area contributed by atoms with E-state index in [1.54, 1.807) is 128 Å². The zero-order valence-corrected chi connectivity index (χ0v) is 89.6. The molecular formula is C107H164N20O23. The molecule has 4 aromatic rings. The van der Waals surface area contributed by atoms with Crippen molar-refractivity contribution in [2.24, 2.45) is 23.3 Å².